The fraction of sp³-hybridized carbons (Fsp3) is 0.280. The molecule has 31 heavy (non-hydrogen) atoms. The van der Waals surface area contributed by atoms with Crippen LogP contribution in [0, 0.1) is 0 Å². The summed E-state index contributed by atoms with van der Waals surface area (Å²) in [5, 5.41) is 17.2. The summed E-state index contributed by atoms with van der Waals surface area (Å²) >= 11 is 7.07. The van der Waals surface area contributed by atoms with Crippen LogP contribution >= 0.6 is 24.0 Å². The lowest BCUT2D eigenvalue weighted by atomic mass is 9.85. The number of aliphatic hydroxyl groups is 1. The van der Waals surface area contributed by atoms with E-state index in [4.69, 9.17) is 12.2 Å². The largest absolute Gasteiger partial charge is 0.387 e. The molecule has 1 unspecified atom stereocenters. The Bertz CT molecular complexity index is 872. The Morgan fingerprint density at radius 2 is 1.68 bits per heavy atom. The van der Waals surface area contributed by atoms with Crippen molar-refractivity contribution in [1.29, 1.82) is 0 Å². The number of nitrogens with one attached hydrogen (secondary N) is 2. The second-order valence-corrected chi connectivity index (χ2v) is 8.69. The highest BCUT2D eigenvalue weighted by atomic mass is 32.2. The molecule has 1 amide bonds. The lowest BCUT2D eigenvalue weighted by Gasteiger charge is -2.36. The highest BCUT2D eigenvalue weighted by Gasteiger charge is 2.34. The zero-order chi connectivity index (χ0) is 22.7. The Balaban J connectivity index is 2.06. The van der Waals surface area contributed by atoms with Gasteiger partial charge < -0.3 is 10.4 Å². The molecular weight excluding hydrogens is 424 g/mol. The monoisotopic (exact) mass is 454 g/mol. The van der Waals surface area contributed by atoms with E-state index in [0.29, 0.717) is 24.8 Å². The zero-order valence-electron chi connectivity index (χ0n) is 17.8. The fourth-order valence-electron chi connectivity index (χ4n) is 3.39. The van der Waals surface area contributed by atoms with Crippen molar-refractivity contribution in [2.45, 2.75) is 30.9 Å². The predicted molar refractivity (Wildman–Crippen MR) is 136 cm³/mol. The van der Waals surface area contributed by atoms with Crippen LogP contribution in [-0.4, -0.2) is 39.8 Å². The molecule has 0 aliphatic carbocycles. The molecule has 0 saturated carbocycles. The molecule has 2 aromatic carbocycles. The molecule has 0 saturated heterocycles. The van der Waals surface area contributed by atoms with Crippen molar-refractivity contribution in [3.05, 3.63) is 85.5 Å². The van der Waals surface area contributed by atoms with Crippen LogP contribution in [0.4, 0.5) is 0 Å². The second kappa shape index (κ2) is 12.4. The summed E-state index contributed by atoms with van der Waals surface area (Å²) < 4.78 is 0. The number of carbonyl (C=O) groups is 1. The smallest absolute Gasteiger partial charge is 0.257 e. The molecule has 6 heteroatoms. The Hall–Kier alpha value is -2.41. The quantitative estimate of drug-likeness (QED) is 0.331. The molecule has 4 nitrogen and oxygen atoms in total. The summed E-state index contributed by atoms with van der Waals surface area (Å²) in [4.78, 5) is 12.7. The third kappa shape index (κ3) is 7.35. The number of benzene rings is 2. The topological polar surface area (TPSA) is 61.4 Å². The molecule has 0 aliphatic rings. The van der Waals surface area contributed by atoms with Crippen LogP contribution in [0.5, 0.6) is 0 Å². The third-order valence-electron chi connectivity index (χ3n) is 5.04. The minimum absolute atomic E-state index is 0.190. The fourth-order valence-corrected chi connectivity index (χ4v) is 4.10. The molecule has 0 fully saturated rings. The average molecular weight is 455 g/mol. The summed E-state index contributed by atoms with van der Waals surface area (Å²) in [6.45, 7) is 7.51. The van der Waals surface area contributed by atoms with Gasteiger partial charge >= 0.3 is 0 Å². The minimum Gasteiger partial charge on any atom is -0.387 e. The normalized spacial score (nSPS) is 11.9. The molecule has 3 N–H and O–H groups in total. The Morgan fingerprint density at radius 3 is 2.23 bits per heavy atom. The van der Waals surface area contributed by atoms with E-state index in [9.17, 15) is 9.90 Å². The van der Waals surface area contributed by atoms with Crippen LogP contribution < -0.4 is 10.6 Å². The van der Waals surface area contributed by atoms with Gasteiger partial charge in [-0.1, -0.05) is 54.6 Å². The first-order chi connectivity index (χ1) is 14.9. The molecule has 0 aromatic heterocycles. The van der Waals surface area contributed by atoms with Crippen LogP contribution in [0.15, 0.2) is 79.9 Å². The molecule has 0 heterocycles. The summed E-state index contributed by atoms with van der Waals surface area (Å²) in [5.41, 5.74) is 1.56. The number of hydrogen-bond donors (Lipinski definition) is 3. The maximum absolute atomic E-state index is 12.7. The standard InChI is InChI=1S/C25H30N2O2S2/c1-4-16-25(29,17-5-2)22(15-18-31-3)26-24(30)27-23(28)21-13-11-20(12-14-21)19-9-7-6-8-10-19/h4-14,22,29H,1-2,15-18H2,3H3,(H2,26,27,28,30). The minimum atomic E-state index is -1.08. The Kier molecular flexibility index (Phi) is 9.98. The number of hydrogen-bond acceptors (Lipinski definition) is 4. The summed E-state index contributed by atoms with van der Waals surface area (Å²) in [6.07, 6.45) is 6.85. The molecule has 0 aliphatic heterocycles. The molecule has 2 aromatic rings. The number of amides is 1. The van der Waals surface area contributed by atoms with Gasteiger partial charge in [0.2, 0.25) is 0 Å². The van der Waals surface area contributed by atoms with E-state index in [0.717, 1.165) is 16.9 Å². The second-order valence-electron chi connectivity index (χ2n) is 7.29. The molecule has 1 atom stereocenters. The third-order valence-corrected chi connectivity index (χ3v) is 5.91. The highest BCUT2D eigenvalue weighted by Crippen LogP contribution is 2.25. The summed E-state index contributed by atoms with van der Waals surface area (Å²) in [7, 11) is 0. The van der Waals surface area contributed by atoms with Gasteiger partial charge in [0.25, 0.3) is 5.91 Å². The summed E-state index contributed by atoms with van der Waals surface area (Å²) in [5.74, 6) is 0.544. The highest BCUT2D eigenvalue weighted by molar-refractivity contribution is 7.98. The van der Waals surface area contributed by atoms with Crippen molar-refractivity contribution in [1.82, 2.24) is 10.6 Å². The van der Waals surface area contributed by atoms with E-state index in [1.807, 2.05) is 48.7 Å². The van der Waals surface area contributed by atoms with Crippen molar-refractivity contribution in [2.75, 3.05) is 12.0 Å². The van der Waals surface area contributed by atoms with Crippen LogP contribution in [-0.2, 0) is 0 Å². The number of carbonyl (C=O) groups excluding carboxylic acids is 1. The van der Waals surface area contributed by atoms with Crippen molar-refractivity contribution in [3.63, 3.8) is 0 Å². The molecular formula is C25H30N2O2S2. The van der Waals surface area contributed by atoms with Crippen LogP contribution in [0.2, 0.25) is 0 Å². The Morgan fingerprint density at radius 1 is 1.10 bits per heavy atom. The van der Waals surface area contributed by atoms with Gasteiger partial charge in [0.05, 0.1) is 11.6 Å². The lowest BCUT2D eigenvalue weighted by molar-refractivity contribution is 0.0120. The Labute approximate surface area is 194 Å². The predicted octanol–water partition coefficient (Wildman–Crippen LogP) is 4.96. The first-order valence-electron chi connectivity index (χ1n) is 10.1. The maximum Gasteiger partial charge on any atom is 0.257 e. The van der Waals surface area contributed by atoms with E-state index in [1.54, 1.807) is 36.0 Å². The number of thioether (sulfide) groups is 1. The molecule has 0 bridgehead atoms. The van der Waals surface area contributed by atoms with E-state index < -0.39 is 5.60 Å². The van der Waals surface area contributed by atoms with Gasteiger partial charge in [0.15, 0.2) is 5.11 Å². The van der Waals surface area contributed by atoms with E-state index in [2.05, 4.69) is 23.8 Å². The first-order valence-corrected chi connectivity index (χ1v) is 11.9. The molecule has 0 radical (unpaired) electrons. The van der Waals surface area contributed by atoms with E-state index in [1.165, 1.54) is 0 Å². The van der Waals surface area contributed by atoms with Gasteiger partial charge in [-0.05, 0) is 66.7 Å². The van der Waals surface area contributed by atoms with Gasteiger partial charge in [-0.3, -0.25) is 10.1 Å². The molecule has 0 spiro atoms. The van der Waals surface area contributed by atoms with E-state index in [-0.39, 0.29) is 17.1 Å². The summed E-state index contributed by atoms with van der Waals surface area (Å²) in [6, 6.07) is 17.0. The van der Waals surface area contributed by atoms with Crippen LogP contribution in [0.25, 0.3) is 11.1 Å². The van der Waals surface area contributed by atoms with Gasteiger partial charge in [0.1, 0.15) is 0 Å². The van der Waals surface area contributed by atoms with Gasteiger partial charge in [-0.2, -0.15) is 11.8 Å². The number of rotatable bonds is 11. The lowest BCUT2D eigenvalue weighted by Crippen LogP contribution is -2.55. The van der Waals surface area contributed by atoms with E-state index >= 15 is 0 Å². The average Bonchev–Trinajstić information content (AvgIpc) is 2.77. The van der Waals surface area contributed by atoms with Crippen molar-refractivity contribution < 1.29 is 9.90 Å². The zero-order valence-corrected chi connectivity index (χ0v) is 19.5. The van der Waals surface area contributed by atoms with Gasteiger partial charge in [-0.25, -0.2) is 0 Å². The van der Waals surface area contributed by atoms with Crippen LogP contribution in [0.3, 0.4) is 0 Å². The maximum atomic E-state index is 12.7. The van der Waals surface area contributed by atoms with Crippen molar-refractivity contribution in [3.8, 4) is 11.1 Å². The molecule has 2 rings (SSSR count). The first kappa shape index (κ1) is 24.9. The molecule has 164 valence electrons. The van der Waals surface area contributed by atoms with Crippen molar-refractivity contribution in [2.24, 2.45) is 0 Å². The number of thiocarbonyl (C=S) groups is 1. The van der Waals surface area contributed by atoms with Gasteiger partial charge in [0, 0.05) is 5.56 Å². The van der Waals surface area contributed by atoms with Crippen molar-refractivity contribution >= 4 is 35.0 Å². The van der Waals surface area contributed by atoms with Crippen LogP contribution in [0.1, 0.15) is 29.6 Å². The van der Waals surface area contributed by atoms with Gasteiger partial charge in [-0.15, -0.1) is 13.2 Å². The SMILES string of the molecule is C=CCC(O)(CC=C)C(CCSC)NC(=S)NC(=O)c1ccc(-c2ccccc2)cc1.